The lowest BCUT2D eigenvalue weighted by Gasteiger charge is -2.17. The molecule has 3 heterocycles. The van der Waals surface area contributed by atoms with Gasteiger partial charge in [0.05, 0.1) is 18.3 Å². The van der Waals surface area contributed by atoms with Crippen LogP contribution in [0.25, 0.3) is 22.2 Å². The number of rotatable bonds is 2. The van der Waals surface area contributed by atoms with E-state index in [-0.39, 0.29) is 11.1 Å². The second-order valence-electron chi connectivity index (χ2n) is 7.13. The summed E-state index contributed by atoms with van der Waals surface area (Å²) in [6.07, 6.45) is 5.94. The van der Waals surface area contributed by atoms with Crippen LogP contribution in [0.15, 0.2) is 39.8 Å². The lowest BCUT2D eigenvalue weighted by molar-refractivity contribution is 0.626. The standard InChI is InChI=1S/C21H18ClN3O2/c1-12-15-4-2-3-5-16(15)17-18-19(27-20(17)24-12)21(26)25(11-23-18)10-13-6-8-14(22)9-7-13/h6-9,11H,2-5,10H2,1H3. The third-order valence-corrected chi connectivity index (χ3v) is 5.64. The molecule has 0 amide bonds. The number of benzene rings is 1. The number of nitrogens with zero attached hydrogens (tertiary/aromatic N) is 3. The first-order valence-corrected chi connectivity index (χ1v) is 9.54. The van der Waals surface area contributed by atoms with Gasteiger partial charge in [0.25, 0.3) is 5.56 Å². The lowest BCUT2D eigenvalue weighted by Crippen LogP contribution is -2.20. The molecular weight excluding hydrogens is 362 g/mol. The molecule has 27 heavy (non-hydrogen) atoms. The van der Waals surface area contributed by atoms with Crippen LogP contribution in [-0.4, -0.2) is 14.5 Å². The predicted molar refractivity (Wildman–Crippen MR) is 106 cm³/mol. The summed E-state index contributed by atoms with van der Waals surface area (Å²) < 4.78 is 7.46. The maximum absolute atomic E-state index is 13.0. The molecule has 0 saturated heterocycles. The molecule has 0 saturated carbocycles. The van der Waals surface area contributed by atoms with E-state index < -0.39 is 0 Å². The minimum absolute atomic E-state index is 0.185. The van der Waals surface area contributed by atoms with Crippen LogP contribution in [0.1, 0.15) is 35.2 Å². The Morgan fingerprint density at radius 3 is 2.67 bits per heavy atom. The van der Waals surface area contributed by atoms with E-state index in [0.29, 0.717) is 22.8 Å². The zero-order chi connectivity index (χ0) is 18.5. The third kappa shape index (κ3) is 2.65. The number of hydrogen-bond acceptors (Lipinski definition) is 4. The van der Waals surface area contributed by atoms with Gasteiger partial charge in [-0.1, -0.05) is 23.7 Å². The molecule has 0 N–H and O–H groups in total. The SMILES string of the molecule is Cc1nc2oc3c(=O)n(Cc4ccc(Cl)cc4)cnc3c2c2c1CCCC2. The van der Waals surface area contributed by atoms with Crippen LogP contribution in [0, 0.1) is 6.92 Å². The molecule has 1 aliphatic rings. The third-order valence-electron chi connectivity index (χ3n) is 5.39. The van der Waals surface area contributed by atoms with Crippen molar-refractivity contribution in [2.45, 2.75) is 39.2 Å². The first-order valence-electron chi connectivity index (χ1n) is 9.16. The highest BCUT2D eigenvalue weighted by molar-refractivity contribution is 6.30. The molecule has 5 nitrogen and oxygen atoms in total. The highest BCUT2D eigenvalue weighted by atomic mass is 35.5. The Kier molecular flexibility index (Phi) is 3.79. The fourth-order valence-electron chi connectivity index (χ4n) is 4.04. The van der Waals surface area contributed by atoms with Crippen molar-refractivity contribution < 1.29 is 4.42 Å². The highest BCUT2D eigenvalue weighted by Gasteiger charge is 2.23. The van der Waals surface area contributed by atoms with Gasteiger partial charge >= 0.3 is 0 Å². The van der Waals surface area contributed by atoms with Crippen LogP contribution >= 0.6 is 11.6 Å². The summed E-state index contributed by atoms with van der Waals surface area (Å²) >= 11 is 5.94. The van der Waals surface area contributed by atoms with E-state index in [2.05, 4.69) is 9.97 Å². The smallest absolute Gasteiger partial charge is 0.297 e. The summed E-state index contributed by atoms with van der Waals surface area (Å²) in [6, 6.07) is 7.43. The van der Waals surface area contributed by atoms with Crippen molar-refractivity contribution in [3.63, 3.8) is 0 Å². The molecule has 0 spiro atoms. The van der Waals surface area contributed by atoms with Crippen molar-refractivity contribution in [2.24, 2.45) is 0 Å². The van der Waals surface area contributed by atoms with Gasteiger partial charge in [-0.3, -0.25) is 9.36 Å². The van der Waals surface area contributed by atoms with Crippen molar-refractivity contribution in [3.8, 4) is 0 Å². The van der Waals surface area contributed by atoms with Gasteiger partial charge in [-0.2, -0.15) is 0 Å². The van der Waals surface area contributed by atoms with E-state index >= 15 is 0 Å². The van der Waals surface area contributed by atoms with E-state index in [9.17, 15) is 4.79 Å². The molecule has 6 heteroatoms. The minimum atomic E-state index is -0.185. The van der Waals surface area contributed by atoms with E-state index in [1.807, 2.05) is 31.2 Å². The zero-order valence-electron chi connectivity index (χ0n) is 15.0. The Morgan fingerprint density at radius 1 is 1.15 bits per heavy atom. The van der Waals surface area contributed by atoms with Gasteiger partial charge in [-0.05, 0) is 61.4 Å². The number of aryl methyl sites for hydroxylation is 2. The quantitative estimate of drug-likeness (QED) is 0.517. The summed E-state index contributed by atoms with van der Waals surface area (Å²) in [5.41, 5.74) is 5.78. The largest absolute Gasteiger partial charge is 0.430 e. The number of hydrogen-bond donors (Lipinski definition) is 0. The second-order valence-corrected chi connectivity index (χ2v) is 7.56. The summed E-state index contributed by atoms with van der Waals surface area (Å²) in [6.45, 7) is 2.43. The molecule has 0 atom stereocenters. The van der Waals surface area contributed by atoms with Gasteiger partial charge in [0.15, 0.2) is 0 Å². The van der Waals surface area contributed by atoms with Crippen molar-refractivity contribution in [1.82, 2.24) is 14.5 Å². The van der Waals surface area contributed by atoms with Crippen LogP contribution in [-0.2, 0) is 19.4 Å². The van der Waals surface area contributed by atoms with E-state index in [1.165, 1.54) is 17.5 Å². The summed E-state index contributed by atoms with van der Waals surface area (Å²) in [7, 11) is 0. The Labute approximate surface area is 160 Å². The van der Waals surface area contributed by atoms with Crippen molar-refractivity contribution >= 4 is 33.8 Å². The van der Waals surface area contributed by atoms with Gasteiger partial charge in [-0.25, -0.2) is 9.97 Å². The molecule has 0 aliphatic heterocycles. The van der Waals surface area contributed by atoms with E-state index in [4.69, 9.17) is 16.0 Å². The number of furan rings is 1. The van der Waals surface area contributed by atoms with Gasteiger partial charge in [-0.15, -0.1) is 0 Å². The summed E-state index contributed by atoms with van der Waals surface area (Å²) in [4.78, 5) is 22.2. The molecule has 3 aromatic heterocycles. The molecule has 0 fully saturated rings. The average molecular weight is 380 g/mol. The molecule has 0 unspecified atom stereocenters. The predicted octanol–water partition coefficient (Wildman–Crippen LogP) is 4.43. The Morgan fingerprint density at radius 2 is 1.89 bits per heavy atom. The van der Waals surface area contributed by atoms with Crippen molar-refractivity contribution in [3.05, 3.63) is 68.4 Å². The van der Waals surface area contributed by atoms with Crippen molar-refractivity contribution in [2.75, 3.05) is 0 Å². The number of pyridine rings is 1. The Balaban J connectivity index is 1.70. The Hall–Kier alpha value is -2.66. The number of halogens is 1. The monoisotopic (exact) mass is 379 g/mol. The second kappa shape index (κ2) is 6.20. The first kappa shape index (κ1) is 16.5. The molecule has 1 aliphatic carbocycles. The summed E-state index contributed by atoms with van der Waals surface area (Å²) in [5, 5.41) is 1.59. The van der Waals surface area contributed by atoms with Gasteiger partial charge in [0, 0.05) is 10.7 Å². The first-order chi connectivity index (χ1) is 13.1. The van der Waals surface area contributed by atoms with E-state index in [0.717, 1.165) is 35.9 Å². The molecule has 0 radical (unpaired) electrons. The molecular formula is C21H18ClN3O2. The lowest BCUT2D eigenvalue weighted by atomic mass is 9.89. The Bertz CT molecular complexity index is 1240. The van der Waals surface area contributed by atoms with Gasteiger partial charge < -0.3 is 4.42 Å². The van der Waals surface area contributed by atoms with Crippen LogP contribution in [0.3, 0.4) is 0 Å². The van der Waals surface area contributed by atoms with E-state index in [1.54, 1.807) is 10.9 Å². The number of fused-ring (bicyclic) bond motifs is 5. The maximum atomic E-state index is 13.0. The molecule has 1 aromatic carbocycles. The molecule has 136 valence electrons. The highest BCUT2D eigenvalue weighted by Crippen LogP contribution is 2.34. The van der Waals surface area contributed by atoms with Crippen LogP contribution < -0.4 is 5.56 Å². The molecule has 4 aromatic rings. The fourth-order valence-corrected chi connectivity index (χ4v) is 4.17. The van der Waals surface area contributed by atoms with Crippen LogP contribution in [0.5, 0.6) is 0 Å². The topological polar surface area (TPSA) is 60.9 Å². The van der Waals surface area contributed by atoms with Gasteiger partial charge in [0.2, 0.25) is 11.3 Å². The molecule has 5 rings (SSSR count). The summed E-state index contributed by atoms with van der Waals surface area (Å²) in [5.74, 6) is 0. The fraction of sp³-hybridized carbons (Fsp3) is 0.286. The van der Waals surface area contributed by atoms with Gasteiger partial charge in [0.1, 0.15) is 5.52 Å². The normalized spacial score (nSPS) is 14.0. The van der Waals surface area contributed by atoms with Crippen LogP contribution in [0.2, 0.25) is 5.02 Å². The number of aromatic nitrogens is 3. The zero-order valence-corrected chi connectivity index (χ0v) is 15.7. The van der Waals surface area contributed by atoms with Crippen molar-refractivity contribution in [1.29, 1.82) is 0 Å². The molecule has 0 bridgehead atoms. The minimum Gasteiger partial charge on any atom is -0.430 e. The average Bonchev–Trinajstić information content (AvgIpc) is 3.05. The van der Waals surface area contributed by atoms with Crippen LogP contribution in [0.4, 0.5) is 0 Å². The maximum Gasteiger partial charge on any atom is 0.297 e.